The summed E-state index contributed by atoms with van der Waals surface area (Å²) < 4.78 is 29.3. The molecule has 0 rings (SSSR count). The first-order chi connectivity index (χ1) is 6.80. The van der Waals surface area contributed by atoms with Crippen molar-refractivity contribution in [3.63, 3.8) is 0 Å². The van der Waals surface area contributed by atoms with Gasteiger partial charge in [-0.3, -0.25) is 0 Å². The van der Waals surface area contributed by atoms with E-state index in [0.717, 1.165) is 0 Å². The van der Waals surface area contributed by atoms with Gasteiger partial charge in [-0.05, 0) is 20.3 Å². The molecule has 6 nitrogen and oxygen atoms in total. The summed E-state index contributed by atoms with van der Waals surface area (Å²) >= 11 is 0. The van der Waals surface area contributed by atoms with Gasteiger partial charge in [0.05, 0.1) is 12.2 Å². The van der Waals surface area contributed by atoms with Crippen molar-refractivity contribution in [3.8, 4) is 0 Å². The second-order valence-electron chi connectivity index (χ2n) is 3.39. The number of hydrogen-bond acceptors (Lipinski definition) is 5. The molecule has 0 spiro atoms. The smallest absolute Gasteiger partial charge is 0.336 e. The number of rotatable bonds is 7. The third-order valence-corrected chi connectivity index (χ3v) is 2.75. The second kappa shape index (κ2) is 6.39. The lowest BCUT2D eigenvalue weighted by Crippen LogP contribution is -2.41. The first-order valence-corrected chi connectivity index (χ1v) is 6.25. The molecule has 0 saturated carbocycles. The molecule has 2 unspecified atom stereocenters. The average Bonchev–Trinajstić information content (AvgIpc) is 2.10. The van der Waals surface area contributed by atoms with Gasteiger partial charge in [0.1, 0.15) is 6.10 Å². The van der Waals surface area contributed by atoms with E-state index in [9.17, 15) is 18.6 Å². The fraction of sp³-hybridized carbons (Fsp3) is 1.00. The van der Waals surface area contributed by atoms with Crippen LogP contribution in [-0.4, -0.2) is 43.5 Å². The van der Waals surface area contributed by atoms with Gasteiger partial charge in [0.15, 0.2) is 0 Å². The lowest BCUT2D eigenvalue weighted by Gasteiger charge is -2.22. The second-order valence-corrected chi connectivity index (χ2v) is 4.78. The average molecular weight is 241 g/mol. The van der Waals surface area contributed by atoms with E-state index in [4.69, 9.17) is 0 Å². The molecule has 0 radical (unpaired) electrons. The lowest BCUT2D eigenvalue weighted by molar-refractivity contribution is -0.0258. The predicted octanol–water partition coefficient (Wildman–Crippen LogP) is -0.622. The summed E-state index contributed by atoms with van der Waals surface area (Å²) in [7, 11) is -3.90. The molecule has 0 aliphatic carbocycles. The Morgan fingerprint density at radius 1 is 1.27 bits per heavy atom. The van der Waals surface area contributed by atoms with E-state index < -0.39 is 28.6 Å². The Morgan fingerprint density at radius 2 is 1.73 bits per heavy atom. The lowest BCUT2D eigenvalue weighted by atomic mass is 10.1. The highest BCUT2D eigenvalue weighted by atomic mass is 32.2. The van der Waals surface area contributed by atoms with Crippen molar-refractivity contribution in [1.82, 2.24) is 4.72 Å². The molecule has 7 heteroatoms. The molecule has 0 aromatic rings. The molecular formula is C8H19NO5S. The quantitative estimate of drug-likeness (QED) is 0.552. The van der Waals surface area contributed by atoms with Crippen LogP contribution in [0.25, 0.3) is 0 Å². The van der Waals surface area contributed by atoms with Crippen LogP contribution >= 0.6 is 0 Å². The van der Waals surface area contributed by atoms with Crippen molar-refractivity contribution < 1.29 is 22.8 Å². The van der Waals surface area contributed by atoms with Crippen LogP contribution in [0.15, 0.2) is 0 Å². The van der Waals surface area contributed by atoms with Gasteiger partial charge in [-0.2, -0.15) is 13.1 Å². The van der Waals surface area contributed by atoms with Crippen molar-refractivity contribution in [2.45, 2.75) is 45.5 Å². The molecular weight excluding hydrogens is 222 g/mol. The van der Waals surface area contributed by atoms with Crippen molar-refractivity contribution in [1.29, 1.82) is 0 Å². The van der Waals surface area contributed by atoms with Gasteiger partial charge in [-0.25, -0.2) is 4.18 Å². The fourth-order valence-corrected chi connectivity index (χ4v) is 2.11. The molecule has 0 aromatic heterocycles. The Balaban J connectivity index is 4.40. The molecule has 0 amide bonds. The van der Waals surface area contributed by atoms with Crippen molar-refractivity contribution in [2.24, 2.45) is 0 Å². The van der Waals surface area contributed by atoms with Gasteiger partial charge in [-0.1, -0.05) is 6.92 Å². The molecule has 2 atom stereocenters. The highest BCUT2D eigenvalue weighted by Crippen LogP contribution is 2.08. The Kier molecular flexibility index (Phi) is 6.30. The summed E-state index contributed by atoms with van der Waals surface area (Å²) in [4.78, 5) is 0. The molecule has 0 fully saturated rings. The Hall–Kier alpha value is -0.210. The Labute approximate surface area is 90.5 Å². The zero-order valence-corrected chi connectivity index (χ0v) is 9.99. The highest BCUT2D eigenvalue weighted by Gasteiger charge is 2.27. The van der Waals surface area contributed by atoms with Crippen LogP contribution in [-0.2, 0) is 14.5 Å². The van der Waals surface area contributed by atoms with E-state index in [1.165, 1.54) is 13.8 Å². The molecule has 3 N–H and O–H groups in total. The summed E-state index contributed by atoms with van der Waals surface area (Å²) in [5, 5.41) is 18.4. The first-order valence-electron chi connectivity index (χ1n) is 4.84. The molecule has 15 heavy (non-hydrogen) atoms. The van der Waals surface area contributed by atoms with Gasteiger partial charge >= 0.3 is 10.3 Å². The van der Waals surface area contributed by atoms with E-state index >= 15 is 0 Å². The van der Waals surface area contributed by atoms with Crippen LogP contribution in [0.2, 0.25) is 0 Å². The normalized spacial score (nSPS) is 18.5. The van der Waals surface area contributed by atoms with Crippen LogP contribution in [0.4, 0.5) is 0 Å². The van der Waals surface area contributed by atoms with E-state index in [2.05, 4.69) is 8.91 Å². The van der Waals surface area contributed by atoms with E-state index in [1.54, 1.807) is 0 Å². The molecule has 0 heterocycles. The van der Waals surface area contributed by atoms with E-state index in [1.807, 2.05) is 6.92 Å². The maximum absolute atomic E-state index is 11.3. The van der Waals surface area contributed by atoms with Gasteiger partial charge in [-0.15, -0.1) is 0 Å². The van der Waals surface area contributed by atoms with E-state index in [0.29, 0.717) is 6.42 Å². The SMILES string of the molecule is CCCNS(=O)(=O)OC(C(C)O)C(C)O. The van der Waals surface area contributed by atoms with Crippen molar-refractivity contribution in [3.05, 3.63) is 0 Å². The van der Waals surface area contributed by atoms with E-state index in [-0.39, 0.29) is 6.54 Å². The van der Waals surface area contributed by atoms with Crippen molar-refractivity contribution in [2.75, 3.05) is 6.54 Å². The molecule has 0 saturated heterocycles. The molecule has 0 aliphatic heterocycles. The van der Waals surface area contributed by atoms with Crippen LogP contribution in [0.1, 0.15) is 27.2 Å². The topological polar surface area (TPSA) is 95.9 Å². The fourth-order valence-electron chi connectivity index (χ4n) is 0.971. The van der Waals surface area contributed by atoms with Crippen molar-refractivity contribution >= 4 is 10.3 Å². The minimum absolute atomic E-state index is 0.259. The van der Waals surface area contributed by atoms with Gasteiger partial charge in [0, 0.05) is 6.54 Å². The number of aliphatic hydroxyl groups is 2. The molecule has 0 aromatic carbocycles. The maximum atomic E-state index is 11.3. The molecule has 0 bridgehead atoms. The summed E-state index contributed by atoms with van der Waals surface area (Å²) in [6.07, 6.45) is -2.65. The monoisotopic (exact) mass is 241 g/mol. The summed E-state index contributed by atoms with van der Waals surface area (Å²) in [6.45, 7) is 4.78. The zero-order chi connectivity index (χ0) is 12.1. The number of hydrogen-bond donors (Lipinski definition) is 3. The largest absolute Gasteiger partial charge is 0.391 e. The Bertz CT molecular complexity index is 254. The van der Waals surface area contributed by atoms with Crippen LogP contribution in [0, 0.1) is 0 Å². The predicted molar refractivity (Wildman–Crippen MR) is 55.4 cm³/mol. The first kappa shape index (κ1) is 14.8. The molecule has 92 valence electrons. The van der Waals surface area contributed by atoms with Crippen LogP contribution in [0.5, 0.6) is 0 Å². The third-order valence-electron chi connectivity index (χ3n) is 1.72. The molecule has 0 aliphatic rings. The van der Waals surface area contributed by atoms with Gasteiger partial charge in [0.2, 0.25) is 0 Å². The summed E-state index contributed by atoms with van der Waals surface area (Å²) in [6, 6.07) is 0. The zero-order valence-electron chi connectivity index (χ0n) is 9.17. The van der Waals surface area contributed by atoms with Gasteiger partial charge in [0.25, 0.3) is 0 Å². The van der Waals surface area contributed by atoms with Gasteiger partial charge < -0.3 is 10.2 Å². The van der Waals surface area contributed by atoms with Crippen LogP contribution in [0.3, 0.4) is 0 Å². The number of nitrogens with one attached hydrogen (secondary N) is 1. The number of aliphatic hydroxyl groups excluding tert-OH is 2. The van der Waals surface area contributed by atoms with Crippen LogP contribution < -0.4 is 4.72 Å². The highest BCUT2D eigenvalue weighted by molar-refractivity contribution is 7.84. The maximum Gasteiger partial charge on any atom is 0.336 e. The summed E-state index contributed by atoms with van der Waals surface area (Å²) in [5.74, 6) is 0. The Morgan fingerprint density at radius 3 is 2.07 bits per heavy atom. The summed E-state index contributed by atoms with van der Waals surface area (Å²) in [5.41, 5.74) is 0. The third kappa shape index (κ3) is 6.06. The minimum Gasteiger partial charge on any atom is -0.391 e. The minimum atomic E-state index is -3.90. The standard InChI is InChI=1S/C8H19NO5S/c1-4-5-9-15(12,13)14-8(6(2)10)7(3)11/h6-11H,4-5H2,1-3H3.